The highest BCUT2D eigenvalue weighted by molar-refractivity contribution is 5.76. The van der Waals surface area contributed by atoms with Gasteiger partial charge >= 0.3 is 12.0 Å². The Balaban J connectivity index is 1.83. The Bertz CT molecular complexity index is 516. The van der Waals surface area contributed by atoms with Gasteiger partial charge in [0.2, 0.25) is 0 Å². The van der Waals surface area contributed by atoms with Crippen LogP contribution in [0.25, 0.3) is 0 Å². The first-order chi connectivity index (χ1) is 9.56. The summed E-state index contributed by atoms with van der Waals surface area (Å²) in [5.41, 5.74) is 0.989. The molecule has 6 nitrogen and oxygen atoms in total. The number of carboxylic acid groups (broad SMARTS) is 1. The van der Waals surface area contributed by atoms with Crippen LogP contribution in [-0.2, 0) is 11.3 Å². The zero-order valence-electron chi connectivity index (χ0n) is 11.2. The van der Waals surface area contributed by atoms with Crippen LogP contribution in [-0.4, -0.2) is 40.1 Å². The van der Waals surface area contributed by atoms with Gasteiger partial charge in [0.1, 0.15) is 0 Å². The van der Waals surface area contributed by atoms with Gasteiger partial charge in [-0.05, 0) is 24.1 Å². The van der Waals surface area contributed by atoms with Crippen LogP contribution in [0, 0.1) is 5.92 Å². The second kappa shape index (κ2) is 6.18. The lowest BCUT2D eigenvalue weighted by molar-refractivity contribution is -0.140. The number of amides is 2. The van der Waals surface area contributed by atoms with Gasteiger partial charge in [-0.3, -0.25) is 9.78 Å². The molecule has 2 N–H and O–H groups in total. The van der Waals surface area contributed by atoms with Gasteiger partial charge in [-0.1, -0.05) is 12.2 Å². The molecule has 20 heavy (non-hydrogen) atoms. The minimum Gasteiger partial charge on any atom is -0.481 e. The first-order valence-electron chi connectivity index (χ1n) is 6.38. The van der Waals surface area contributed by atoms with Crippen LogP contribution >= 0.6 is 0 Å². The number of carbonyl (C=O) groups is 2. The number of carboxylic acids is 1. The highest BCUT2D eigenvalue weighted by Gasteiger charge is 2.26. The molecule has 0 spiro atoms. The molecule has 2 rings (SSSR count). The Morgan fingerprint density at radius 2 is 2.10 bits per heavy atom. The minimum absolute atomic E-state index is 0.219. The molecule has 1 heterocycles. The third kappa shape index (κ3) is 3.57. The zero-order chi connectivity index (χ0) is 14.5. The summed E-state index contributed by atoms with van der Waals surface area (Å²) in [5.74, 6) is -1.37. The van der Waals surface area contributed by atoms with Crippen molar-refractivity contribution >= 4 is 12.0 Å². The number of hydrogen-bond acceptors (Lipinski definition) is 3. The molecular weight excluding hydrogens is 258 g/mol. The van der Waals surface area contributed by atoms with Crippen LogP contribution in [0.1, 0.15) is 12.0 Å². The Labute approximate surface area is 117 Å². The van der Waals surface area contributed by atoms with Crippen LogP contribution in [0.5, 0.6) is 0 Å². The minimum atomic E-state index is -0.858. The smallest absolute Gasteiger partial charge is 0.317 e. The monoisotopic (exact) mass is 275 g/mol. The fourth-order valence-electron chi connectivity index (χ4n) is 2.09. The van der Waals surface area contributed by atoms with E-state index in [9.17, 15) is 9.59 Å². The van der Waals surface area contributed by atoms with E-state index < -0.39 is 11.9 Å². The predicted molar refractivity (Wildman–Crippen MR) is 72.9 cm³/mol. The molecule has 1 aliphatic rings. The molecule has 2 atom stereocenters. The molecule has 6 heteroatoms. The molecule has 0 aromatic carbocycles. The van der Waals surface area contributed by atoms with E-state index in [0.717, 1.165) is 5.56 Å². The molecule has 1 aromatic heterocycles. The molecule has 0 bridgehead atoms. The molecule has 2 unspecified atom stereocenters. The van der Waals surface area contributed by atoms with Gasteiger partial charge in [0.25, 0.3) is 0 Å². The van der Waals surface area contributed by atoms with Crippen molar-refractivity contribution in [3.05, 3.63) is 42.2 Å². The maximum atomic E-state index is 12.0. The summed E-state index contributed by atoms with van der Waals surface area (Å²) in [5, 5.41) is 11.7. The Kier molecular flexibility index (Phi) is 4.34. The van der Waals surface area contributed by atoms with Gasteiger partial charge in [-0.15, -0.1) is 0 Å². The second-order valence-electron chi connectivity index (χ2n) is 4.83. The Morgan fingerprint density at radius 1 is 1.40 bits per heavy atom. The lowest BCUT2D eigenvalue weighted by Crippen LogP contribution is -2.41. The number of hydrogen-bond donors (Lipinski definition) is 2. The summed E-state index contributed by atoms with van der Waals surface area (Å²) in [6.07, 6.45) is 7.12. The second-order valence-corrected chi connectivity index (χ2v) is 4.83. The average Bonchev–Trinajstić information content (AvgIpc) is 2.88. The standard InChI is InChI=1S/C14H17N3O3/c1-17(9-10-4-6-15-7-5-10)14(20)16-12-3-2-11(8-12)13(18)19/h2-7,11-12H,8-9H2,1H3,(H,16,20)(H,18,19). The van der Waals surface area contributed by atoms with Crippen molar-refractivity contribution in [2.45, 2.75) is 19.0 Å². The van der Waals surface area contributed by atoms with Gasteiger partial charge in [0.15, 0.2) is 0 Å². The fraction of sp³-hybridized carbons (Fsp3) is 0.357. The number of carbonyl (C=O) groups excluding carboxylic acids is 1. The highest BCUT2D eigenvalue weighted by Crippen LogP contribution is 2.18. The highest BCUT2D eigenvalue weighted by atomic mass is 16.4. The van der Waals surface area contributed by atoms with Gasteiger partial charge in [0, 0.05) is 26.0 Å². The topological polar surface area (TPSA) is 82.5 Å². The third-order valence-corrected chi connectivity index (χ3v) is 3.23. The van der Waals surface area contributed by atoms with E-state index in [1.54, 1.807) is 36.5 Å². The Hall–Kier alpha value is -2.37. The summed E-state index contributed by atoms with van der Waals surface area (Å²) in [7, 11) is 1.70. The van der Waals surface area contributed by atoms with Gasteiger partial charge < -0.3 is 15.3 Å². The van der Waals surface area contributed by atoms with E-state index in [1.165, 1.54) is 0 Å². The predicted octanol–water partition coefficient (Wildman–Crippen LogP) is 1.25. The molecule has 1 aliphatic carbocycles. The zero-order valence-corrected chi connectivity index (χ0v) is 11.2. The van der Waals surface area contributed by atoms with Crippen molar-refractivity contribution < 1.29 is 14.7 Å². The van der Waals surface area contributed by atoms with Crippen molar-refractivity contribution in [2.75, 3.05) is 7.05 Å². The summed E-state index contributed by atoms with van der Waals surface area (Å²) >= 11 is 0. The van der Waals surface area contributed by atoms with Crippen molar-refractivity contribution in [1.82, 2.24) is 15.2 Å². The van der Waals surface area contributed by atoms with Gasteiger partial charge in [0.05, 0.1) is 12.0 Å². The average molecular weight is 275 g/mol. The van der Waals surface area contributed by atoms with E-state index in [2.05, 4.69) is 10.3 Å². The quantitative estimate of drug-likeness (QED) is 0.810. The van der Waals surface area contributed by atoms with Crippen molar-refractivity contribution in [2.24, 2.45) is 5.92 Å². The number of urea groups is 1. The molecule has 0 fully saturated rings. The summed E-state index contributed by atoms with van der Waals surface area (Å²) in [6, 6.07) is 3.25. The number of pyridine rings is 1. The molecule has 0 radical (unpaired) electrons. The fourth-order valence-corrected chi connectivity index (χ4v) is 2.09. The van der Waals surface area contributed by atoms with Gasteiger partial charge in [-0.2, -0.15) is 0 Å². The molecule has 1 aromatic rings. The normalized spacial score (nSPS) is 20.6. The van der Waals surface area contributed by atoms with Crippen LogP contribution in [0.3, 0.4) is 0 Å². The number of nitrogens with one attached hydrogen (secondary N) is 1. The number of nitrogens with zero attached hydrogens (tertiary/aromatic N) is 2. The van der Waals surface area contributed by atoms with Crippen LogP contribution in [0.15, 0.2) is 36.7 Å². The largest absolute Gasteiger partial charge is 0.481 e. The molecule has 0 saturated heterocycles. The van der Waals surface area contributed by atoms with E-state index >= 15 is 0 Å². The van der Waals surface area contributed by atoms with Crippen molar-refractivity contribution in [3.8, 4) is 0 Å². The number of rotatable bonds is 4. The lowest BCUT2D eigenvalue weighted by atomic mass is 10.1. The molecule has 0 saturated carbocycles. The summed E-state index contributed by atoms with van der Waals surface area (Å²) in [6.45, 7) is 0.479. The number of aromatic nitrogens is 1. The van der Waals surface area contributed by atoms with Crippen LogP contribution < -0.4 is 5.32 Å². The van der Waals surface area contributed by atoms with E-state index in [-0.39, 0.29) is 12.1 Å². The molecule has 2 amide bonds. The molecule has 0 aliphatic heterocycles. The van der Waals surface area contributed by atoms with E-state index in [1.807, 2.05) is 12.1 Å². The van der Waals surface area contributed by atoms with Gasteiger partial charge in [-0.25, -0.2) is 4.79 Å². The SMILES string of the molecule is CN(Cc1ccncc1)C(=O)NC1C=CC(C(=O)O)C1. The maximum Gasteiger partial charge on any atom is 0.317 e. The molecule has 106 valence electrons. The van der Waals surface area contributed by atoms with E-state index in [0.29, 0.717) is 13.0 Å². The number of aliphatic carboxylic acids is 1. The summed E-state index contributed by atoms with van der Waals surface area (Å²) < 4.78 is 0. The third-order valence-electron chi connectivity index (χ3n) is 3.23. The lowest BCUT2D eigenvalue weighted by Gasteiger charge is -2.20. The Morgan fingerprint density at radius 3 is 2.70 bits per heavy atom. The maximum absolute atomic E-state index is 12.0. The van der Waals surface area contributed by atoms with Crippen molar-refractivity contribution in [1.29, 1.82) is 0 Å². The first kappa shape index (κ1) is 14.0. The van der Waals surface area contributed by atoms with E-state index in [4.69, 9.17) is 5.11 Å². The summed E-state index contributed by atoms with van der Waals surface area (Å²) in [4.78, 5) is 28.3. The van der Waals surface area contributed by atoms with Crippen LogP contribution in [0.4, 0.5) is 4.79 Å². The first-order valence-corrected chi connectivity index (χ1v) is 6.38. The molecular formula is C14H17N3O3. The van der Waals surface area contributed by atoms with Crippen LogP contribution in [0.2, 0.25) is 0 Å². The van der Waals surface area contributed by atoms with Crippen molar-refractivity contribution in [3.63, 3.8) is 0 Å².